The number of benzene rings is 2. The minimum Gasteiger partial charge on any atom is -0.496 e. The Labute approximate surface area is 170 Å². The maximum absolute atomic E-state index is 12.8. The Morgan fingerprint density at radius 1 is 1.17 bits per heavy atom. The Kier molecular flexibility index (Phi) is 5.93. The van der Waals surface area contributed by atoms with Gasteiger partial charge in [-0.2, -0.15) is 0 Å². The molecule has 1 atom stereocenters. The molecule has 154 valence electrons. The number of aliphatic imine (C=N–C) groups is 1. The Morgan fingerprint density at radius 2 is 1.90 bits per heavy atom. The fraction of sp³-hybridized carbons (Fsp3) is 0.333. The molecular weight excluding hydrogens is 392 g/mol. The van der Waals surface area contributed by atoms with Crippen molar-refractivity contribution in [1.29, 1.82) is 0 Å². The maximum atomic E-state index is 12.8. The first-order chi connectivity index (χ1) is 13.7. The molecule has 0 unspecified atom stereocenters. The van der Waals surface area contributed by atoms with Crippen LogP contribution in [0.15, 0.2) is 52.4 Å². The summed E-state index contributed by atoms with van der Waals surface area (Å²) in [6.07, 6.45) is 0. The molecular formula is C21H24N2O5S. The van der Waals surface area contributed by atoms with Crippen LogP contribution in [0.25, 0.3) is 0 Å². The van der Waals surface area contributed by atoms with E-state index in [4.69, 9.17) is 9.47 Å². The quantitative estimate of drug-likeness (QED) is 0.731. The lowest BCUT2D eigenvalue weighted by Crippen LogP contribution is -2.31. The number of hydrogen-bond donors (Lipinski definition) is 1. The van der Waals surface area contributed by atoms with Gasteiger partial charge in [0.05, 0.1) is 12.0 Å². The molecule has 1 aliphatic heterocycles. The monoisotopic (exact) mass is 416 g/mol. The Balaban J connectivity index is 1.83. The average molecular weight is 416 g/mol. The van der Waals surface area contributed by atoms with E-state index < -0.39 is 22.0 Å². The molecule has 0 amide bonds. The second kappa shape index (κ2) is 8.24. The van der Waals surface area contributed by atoms with E-state index in [9.17, 15) is 13.2 Å². The molecule has 0 fully saturated rings. The van der Waals surface area contributed by atoms with E-state index in [1.807, 2.05) is 39.0 Å². The fourth-order valence-corrected chi connectivity index (χ4v) is 4.34. The first-order valence-electron chi connectivity index (χ1n) is 9.23. The molecule has 0 aliphatic carbocycles. The van der Waals surface area contributed by atoms with Crippen molar-refractivity contribution in [3.05, 3.63) is 59.2 Å². The van der Waals surface area contributed by atoms with E-state index in [2.05, 4.69) is 9.71 Å². The van der Waals surface area contributed by atoms with Crippen LogP contribution in [0, 0.1) is 12.8 Å². The van der Waals surface area contributed by atoms with Gasteiger partial charge in [0.25, 0.3) is 10.0 Å². The number of ether oxygens (including phenoxy) is 2. The van der Waals surface area contributed by atoms with E-state index in [-0.39, 0.29) is 23.3 Å². The van der Waals surface area contributed by atoms with Crippen molar-refractivity contribution in [2.45, 2.75) is 38.3 Å². The molecule has 3 rings (SSSR count). The summed E-state index contributed by atoms with van der Waals surface area (Å²) in [6.45, 7) is 5.65. The summed E-state index contributed by atoms with van der Waals surface area (Å²) in [5.41, 5.74) is 2.23. The predicted octanol–water partition coefficient (Wildman–Crippen LogP) is 2.81. The number of esters is 1. The lowest BCUT2D eigenvalue weighted by Gasteiger charge is -2.17. The summed E-state index contributed by atoms with van der Waals surface area (Å²) in [5.74, 6) is 0.0731. The highest BCUT2D eigenvalue weighted by atomic mass is 32.2. The molecule has 0 spiro atoms. The number of aryl methyl sites for hydroxylation is 1. The molecule has 1 N–H and O–H groups in total. The Hall–Kier alpha value is -2.87. The summed E-state index contributed by atoms with van der Waals surface area (Å²) >= 11 is 0. The third kappa shape index (κ3) is 4.42. The third-order valence-corrected chi connectivity index (χ3v) is 6.01. The molecule has 0 saturated heterocycles. The second-order valence-corrected chi connectivity index (χ2v) is 8.84. The van der Waals surface area contributed by atoms with E-state index in [1.54, 1.807) is 25.3 Å². The van der Waals surface area contributed by atoms with Crippen molar-refractivity contribution >= 4 is 21.8 Å². The molecule has 1 aliphatic rings. The number of fused-ring (bicyclic) bond motifs is 1. The van der Waals surface area contributed by atoms with Crippen molar-refractivity contribution in [2.24, 2.45) is 10.9 Å². The lowest BCUT2D eigenvalue weighted by molar-refractivity contribution is -0.147. The number of carbonyl (C=O) groups is 1. The standard InChI is InChI=1S/C21H24N2O5S/c1-13(2)19(21(24)28-12-15-11-14(3)9-10-17(15)27-4)22-20-16-7-5-6-8-18(16)29(25,26)23-20/h5-11,13,19H,12H2,1-4H3,(H,22,23)/t19-/m0/s1. The smallest absolute Gasteiger partial charge is 0.331 e. The van der Waals surface area contributed by atoms with E-state index in [0.717, 1.165) is 11.1 Å². The van der Waals surface area contributed by atoms with Crippen LogP contribution in [0.4, 0.5) is 0 Å². The highest BCUT2D eigenvalue weighted by Crippen LogP contribution is 2.24. The van der Waals surface area contributed by atoms with Gasteiger partial charge in [0.1, 0.15) is 18.2 Å². The maximum Gasteiger partial charge on any atom is 0.331 e. The van der Waals surface area contributed by atoms with Crippen LogP contribution in [-0.2, 0) is 26.2 Å². The zero-order chi connectivity index (χ0) is 21.2. The van der Waals surface area contributed by atoms with Crippen molar-refractivity contribution in [3.8, 4) is 5.75 Å². The molecule has 7 nitrogen and oxygen atoms in total. The van der Waals surface area contributed by atoms with Gasteiger partial charge in [0, 0.05) is 11.1 Å². The number of hydrogen-bond acceptors (Lipinski definition) is 6. The minimum absolute atomic E-state index is 0.0417. The molecule has 2 aromatic carbocycles. The highest BCUT2D eigenvalue weighted by Gasteiger charge is 2.33. The zero-order valence-electron chi connectivity index (χ0n) is 16.8. The molecule has 0 saturated carbocycles. The second-order valence-electron chi connectivity index (χ2n) is 7.19. The summed E-state index contributed by atoms with van der Waals surface area (Å²) in [7, 11) is -2.11. The third-order valence-electron chi connectivity index (χ3n) is 4.61. The zero-order valence-corrected chi connectivity index (χ0v) is 17.6. The summed E-state index contributed by atoms with van der Waals surface area (Å²) in [5, 5.41) is 0. The number of methoxy groups -OCH3 is 1. The minimum atomic E-state index is -3.67. The van der Waals surface area contributed by atoms with Gasteiger partial charge in [-0.15, -0.1) is 0 Å². The van der Waals surface area contributed by atoms with Crippen molar-refractivity contribution < 1.29 is 22.7 Å². The van der Waals surface area contributed by atoms with Crippen LogP contribution >= 0.6 is 0 Å². The van der Waals surface area contributed by atoms with Crippen LogP contribution in [-0.4, -0.2) is 33.4 Å². The summed E-state index contributed by atoms with van der Waals surface area (Å²) in [6, 6.07) is 11.3. The number of carbonyl (C=O) groups excluding carboxylic acids is 1. The molecule has 1 heterocycles. The number of amidine groups is 1. The topological polar surface area (TPSA) is 94.1 Å². The average Bonchev–Trinajstić information content (AvgIpc) is 2.94. The van der Waals surface area contributed by atoms with Gasteiger partial charge in [-0.25, -0.2) is 13.2 Å². The van der Waals surface area contributed by atoms with Crippen molar-refractivity contribution in [2.75, 3.05) is 7.11 Å². The number of nitrogens with zero attached hydrogens (tertiary/aromatic N) is 1. The normalized spacial score (nSPS) is 16.9. The van der Waals surface area contributed by atoms with Crippen LogP contribution in [0.3, 0.4) is 0 Å². The van der Waals surface area contributed by atoms with Crippen LogP contribution in [0.1, 0.15) is 30.5 Å². The molecule has 8 heteroatoms. The highest BCUT2D eigenvalue weighted by molar-refractivity contribution is 7.90. The van der Waals surface area contributed by atoms with E-state index >= 15 is 0 Å². The molecule has 0 bridgehead atoms. The summed E-state index contributed by atoms with van der Waals surface area (Å²) < 4.78 is 37.8. The van der Waals surface area contributed by atoms with Crippen molar-refractivity contribution in [3.63, 3.8) is 0 Å². The van der Waals surface area contributed by atoms with Crippen LogP contribution < -0.4 is 9.46 Å². The van der Waals surface area contributed by atoms with Gasteiger partial charge in [-0.1, -0.05) is 37.6 Å². The fourth-order valence-electron chi connectivity index (χ4n) is 3.10. The molecule has 0 radical (unpaired) electrons. The van der Waals surface area contributed by atoms with Crippen LogP contribution in [0.5, 0.6) is 5.75 Å². The molecule has 0 aromatic heterocycles. The van der Waals surface area contributed by atoms with Gasteiger partial charge in [0.15, 0.2) is 6.04 Å². The largest absolute Gasteiger partial charge is 0.496 e. The van der Waals surface area contributed by atoms with Gasteiger partial charge >= 0.3 is 5.97 Å². The van der Waals surface area contributed by atoms with Crippen molar-refractivity contribution in [1.82, 2.24) is 4.72 Å². The Morgan fingerprint density at radius 3 is 2.59 bits per heavy atom. The SMILES string of the molecule is COc1ccc(C)cc1COC(=O)[C@@H](N=C1NS(=O)(=O)c2ccccc21)C(C)C. The predicted molar refractivity (Wildman–Crippen MR) is 109 cm³/mol. The number of nitrogens with one attached hydrogen (secondary N) is 1. The summed E-state index contributed by atoms with van der Waals surface area (Å²) in [4.78, 5) is 17.3. The first kappa shape index (κ1) is 20.9. The number of rotatable bonds is 6. The first-order valence-corrected chi connectivity index (χ1v) is 10.7. The van der Waals surface area contributed by atoms with Gasteiger partial charge in [-0.3, -0.25) is 9.71 Å². The molecule has 2 aromatic rings. The van der Waals surface area contributed by atoms with Gasteiger partial charge in [0.2, 0.25) is 0 Å². The van der Waals surface area contributed by atoms with E-state index in [1.165, 1.54) is 6.07 Å². The van der Waals surface area contributed by atoms with Gasteiger partial charge in [-0.05, 0) is 37.1 Å². The van der Waals surface area contributed by atoms with E-state index in [0.29, 0.717) is 11.3 Å². The number of sulfonamides is 1. The lowest BCUT2D eigenvalue weighted by atomic mass is 10.0. The molecule has 29 heavy (non-hydrogen) atoms. The van der Waals surface area contributed by atoms with Gasteiger partial charge < -0.3 is 9.47 Å². The Bertz CT molecular complexity index is 1060. The van der Waals surface area contributed by atoms with Crippen LogP contribution in [0.2, 0.25) is 0 Å².